The molecular formula is C24H27FN4O5S2. The lowest BCUT2D eigenvalue weighted by atomic mass is 10.1. The van der Waals surface area contributed by atoms with Gasteiger partial charge in [-0.25, -0.2) is 17.1 Å². The van der Waals surface area contributed by atoms with Crippen LogP contribution in [0.1, 0.15) is 11.1 Å². The van der Waals surface area contributed by atoms with Crippen molar-refractivity contribution in [2.75, 3.05) is 35.0 Å². The first kappa shape index (κ1) is 27.1. The molecule has 0 atom stereocenters. The molecule has 1 amide bonds. The molecule has 0 aliphatic carbocycles. The first-order valence-electron chi connectivity index (χ1n) is 10.8. The van der Waals surface area contributed by atoms with Gasteiger partial charge in [0.05, 0.1) is 16.3 Å². The van der Waals surface area contributed by atoms with Crippen LogP contribution in [-0.2, 0) is 25.0 Å². The number of nitrogens with zero attached hydrogens (tertiary/aromatic N) is 2. The van der Waals surface area contributed by atoms with Gasteiger partial charge in [-0.2, -0.15) is 12.7 Å². The number of halogens is 1. The molecule has 12 heteroatoms. The number of carbonyl (C=O) groups excluding carboxylic acids is 1. The monoisotopic (exact) mass is 534 g/mol. The summed E-state index contributed by atoms with van der Waals surface area (Å²) in [4.78, 5) is 12.7. The van der Waals surface area contributed by atoms with Gasteiger partial charge in [0.2, 0.25) is 5.91 Å². The fourth-order valence-corrected chi connectivity index (χ4v) is 5.63. The third-order valence-electron chi connectivity index (χ3n) is 5.31. The maximum absolute atomic E-state index is 14.4. The van der Waals surface area contributed by atoms with E-state index >= 15 is 0 Å². The predicted octanol–water partition coefficient (Wildman–Crippen LogP) is 3.49. The Morgan fingerprint density at radius 3 is 2.00 bits per heavy atom. The number of anilines is 3. The zero-order valence-corrected chi connectivity index (χ0v) is 21.8. The van der Waals surface area contributed by atoms with Gasteiger partial charge in [-0.15, -0.1) is 0 Å². The van der Waals surface area contributed by atoms with Gasteiger partial charge in [0.15, 0.2) is 0 Å². The summed E-state index contributed by atoms with van der Waals surface area (Å²) in [5.41, 5.74) is 2.00. The van der Waals surface area contributed by atoms with Crippen LogP contribution >= 0.6 is 0 Å². The van der Waals surface area contributed by atoms with Crippen LogP contribution in [0.15, 0.2) is 71.6 Å². The minimum absolute atomic E-state index is 0.0219. The van der Waals surface area contributed by atoms with Crippen molar-refractivity contribution in [1.29, 1.82) is 0 Å². The lowest BCUT2D eigenvalue weighted by Crippen LogP contribution is -2.44. The molecule has 0 aromatic heterocycles. The summed E-state index contributed by atoms with van der Waals surface area (Å²) >= 11 is 0. The third-order valence-corrected chi connectivity index (χ3v) is 8.49. The summed E-state index contributed by atoms with van der Waals surface area (Å²) in [5, 5.41) is 2.52. The number of carbonyl (C=O) groups is 1. The molecule has 0 saturated carbocycles. The van der Waals surface area contributed by atoms with Crippen molar-refractivity contribution < 1.29 is 26.0 Å². The Bertz CT molecular complexity index is 1450. The third kappa shape index (κ3) is 6.01. The molecule has 3 aromatic rings. The summed E-state index contributed by atoms with van der Waals surface area (Å²) in [7, 11) is -5.54. The van der Waals surface area contributed by atoms with E-state index in [4.69, 9.17) is 0 Å². The lowest BCUT2D eigenvalue weighted by Gasteiger charge is -2.27. The quantitative estimate of drug-likeness (QED) is 0.436. The van der Waals surface area contributed by atoms with E-state index < -0.39 is 38.5 Å². The fourth-order valence-electron chi connectivity index (χ4n) is 3.36. The van der Waals surface area contributed by atoms with Crippen molar-refractivity contribution in [3.8, 4) is 0 Å². The Morgan fingerprint density at radius 2 is 1.44 bits per heavy atom. The van der Waals surface area contributed by atoms with Crippen LogP contribution < -0.4 is 14.3 Å². The van der Waals surface area contributed by atoms with E-state index in [1.54, 1.807) is 26.0 Å². The molecule has 0 bridgehead atoms. The second-order valence-electron chi connectivity index (χ2n) is 8.19. The minimum atomic E-state index is -4.19. The van der Waals surface area contributed by atoms with Gasteiger partial charge in [0.25, 0.3) is 10.0 Å². The molecule has 3 rings (SSSR count). The van der Waals surface area contributed by atoms with Gasteiger partial charge in [-0.05, 0) is 61.4 Å². The van der Waals surface area contributed by atoms with E-state index in [0.717, 1.165) is 21.5 Å². The maximum atomic E-state index is 14.4. The molecule has 0 aliphatic rings. The Morgan fingerprint density at radius 1 is 0.861 bits per heavy atom. The number of amides is 1. The van der Waals surface area contributed by atoms with E-state index in [-0.39, 0.29) is 16.3 Å². The highest BCUT2D eigenvalue weighted by Crippen LogP contribution is 2.25. The Balaban J connectivity index is 1.78. The van der Waals surface area contributed by atoms with Gasteiger partial charge in [0, 0.05) is 19.8 Å². The molecule has 0 fully saturated rings. The number of benzene rings is 3. The minimum Gasteiger partial charge on any atom is -0.325 e. The van der Waals surface area contributed by atoms with Crippen molar-refractivity contribution in [3.63, 3.8) is 0 Å². The summed E-state index contributed by atoms with van der Waals surface area (Å²) in [5.74, 6) is -1.55. The molecule has 0 saturated heterocycles. The molecule has 0 unspecified atom stereocenters. The van der Waals surface area contributed by atoms with Crippen LogP contribution in [-0.4, -0.2) is 47.7 Å². The van der Waals surface area contributed by atoms with Crippen molar-refractivity contribution in [1.82, 2.24) is 4.31 Å². The van der Waals surface area contributed by atoms with Gasteiger partial charge in [0.1, 0.15) is 12.4 Å². The van der Waals surface area contributed by atoms with Crippen LogP contribution in [0.4, 0.5) is 21.5 Å². The zero-order chi connectivity index (χ0) is 26.7. The van der Waals surface area contributed by atoms with E-state index in [2.05, 4.69) is 10.0 Å². The normalized spacial score (nSPS) is 11.8. The van der Waals surface area contributed by atoms with Crippen molar-refractivity contribution in [2.24, 2.45) is 0 Å². The van der Waals surface area contributed by atoms with E-state index in [1.807, 2.05) is 6.07 Å². The summed E-state index contributed by atoms with van der Waals surface area (Å²) < 4.78 is 69.6. The van der Waals surface area contributed by atoms with Crippen LogP contribution in [0.5, 0.6) is 0 Å². The highest BCUT2D eigenvalue weighted by molar-refractivity contribution is 7.92. The second kappa shape index (κ2) is 10.6. The molecule has 192 valence electrons. The van der Waals surface area contributed by atoms with Crippen LogP contribution in [0, 0.1) is 19.7 Å². The molecule has 0 radical (unpaired) electrons. The molecule has 2 N–H and O–H groups in total. The Labute approximate surface area is 210 Å². The van der Waals surface area contributed by atoms with Gasteiger partial charge < -0.3 is 5.32 Å². The Kier molecular flexibility index (Phi) is 8.02. The van der Waals surface area contributed by atoms with E-state index in [9.17, 15) is 26.0 Å². The lowest BCUT2D eigenvalue weighted by molar-refractivity contribution is -0.114. The molecule has 3 aromatic carbocycles. The fraction of sp³-hybridized carbons (Fsp3) is 0.208. The molecule has 36 heavy (non-hydrogen) atoms. The molecular weight excluding hydrogens is 507 g/mol. The predicted molar refractivity (Wildman–Crippen MR) is 138 cm³/mol. The van der Waals surface area contributed by atoms with Crippen LogP contribution in [0.25, 0.3) is 0 Å². The average molecular weight is 535 g/mol. The highest BCUT2D eigenvalue weighted by Gasteiger charge is 2.29. The number of rotatable bonds is 9. The summed E-state index contributed by atoms with van der Waals surface area (Å²) in [6, 6.07) is 16.0. The average Bonchev–Trinajstić information content (AvgIpc) is 2.81. The topological polar surface area (TPSA) is 116 Å². The summed E-state index contributed by atoms with van der Waals surface area (Å²) in [6.45, 7) is 2.89. The first-order chi connectivity index (χ1) is 16.8. The number of aryl methyl sites for hydroxylation is 2. The molecule has 0 heterocycles. The Hall–Kier alpha value is -3.48. The van der Waals surface area contributed by atoms with Gasteiger partial charge in [-0.3, -0.25) is 9.52 Å². The second-order valence-corrected chi connectivity index (χ2v) is 11.9. The first-order valence-corrected chi connectivity index (χ1v) is 13.6. The van der Waals surface area contributed by atoms with Gasteiger partial charge >= 0.3 is 10.2 Å². The molecule has 0 aliphatic heterocycles. The largest absolute Gasteiger partial charge is 0.325 e. The van der Waals surface area contributed by atoms with Crippen LogP contribution in [0.3, 0.4) is 0 Å². The smallest absolute Gasteiger partial charge is 0.304 e. The van der Waals surface area contributed by atoms with Crippen molar-refractivity contribution in [2.45, 2.75) is 18.7 Å². The number of hydrogen-bond acceptors (Lipinski definition) is 5. The summed E-state index contributed by atoms with van der Waals surface area (Å²) in [6.07, 6.45) is 0. The number of para-hydroxylation sites is 2. The standard InChI is InChI=1S/C24H27FN4O5S2/c1-17-8-7-9-18(2)24(17)27-35(31,32)20-14-12-19(13-15-20)26-23(30)16-29(36(33,34)28(3)4)22-11-6-5-10-21(22)25/h5-15,27H,16H2,1-4H3,(H,26,30). The number of sulfonamides is 1. The van der Waals surface area contributed by atoms with E-state index in [0.29, 0.717) is 9.99 Å². The molecule has 9 nitrogen and oxygen atoms in total. The van der Waals surface area contributed by atoms with Crippen molar-refractivity contribution >= 4 is 43.2 Å². The van der Waals surface area contributed by atoms with E-state index in [1.165, 1.54) is 56.6 Å². The number of nitrogens with one attached hydrogen (secondary N) is 2. The van der Waals surface area contributed by atoms with Gasteiger partial charge in [-0.1, -0.05) is 30.3 Å². The molecule has 0 spiro atoms. The highest BCUT2D eigenvalue weighted by atomic mass is 32.2. The number of hydrogen-bond donors (Lipinski definition) is 2. The SMILES string of the molecule is Cc1cccc(C)c1NS(=O)(=O)c1ccc(NC(=O)CN(c2ccccc2F)S(=O)(=O)N(C)C)cc1. The zero-order valence-electron chi connectivity index (χ0n) is 20.2. The maximum Gasteiger partial charge on any atom is 0.304 e. The van der Waals surface area contributed by atoms with Crippen LogP contribution in [0.2, 0.25) is 0 Å². The van der Waals surface area contributed by atoms with Crippen molar-refractivity contribution in [3.05, 3.63) is 83.7 Å².